The van der Waals surface area contributed by atoms with Gasteiger partial charge in [0.15, 0.2) is 0 Å². The zero-order valence-corrected chi connectivity index (χ0v) is 17.9. The van der Waals surface area contributed by atoms with Gasteiger partial charge >= 0.3 is 0 Å². The Kier molecular flexibility index (Phi) is 5.47. The van der Waals surface area contributed by atoms with E-state index < -0.39 is 0 Å². The predicted octanol–water partition coefficient (Wildman–Crippen LogP) is 4.53. The number of carbonyl (C=O) groups is 1. The van der Waals surface area contributed by atoms with E-state index in [2.05, 4.69) is 17.9 Å². The van der Waals surface area contributed by atoms with Gasteiger partial charge in [-0.3, -0.25) is 9.79 Å². The second-order valence-electron chi connectivity index (χ2n) is 8.40. The average molecular weight is 420 g/mol. The summed E-state index contributed by atoms with van der Waals surface area (Å²) in [5.74, 6) is 6.62. The summed E-state index contributed by atoms with van der Waals surface area (Å²) in [5.41, 5.74) is 12.7. The van der Waals surface area contributed by atoms with Crippen molar-refractivity contribution in [2.75, 3.05) is 12.3 Å². The van der Waals surface area contributed by atoms with Gasteiger partial charge in [-0.15, -0.1) is 0 Å². The summed E-state index contributed by atoms with van der Waals surface area (Å²) in [6.07, 6.45) is 3.24. The number of anilines is 1. The van der Waals surface area contributed by atoms with Gasteiger partial charge in [0.1, 0.15) is 0 Å². The number of benzene rings is 3. The summed E-state index contributed by atoms with van der Waals surface area (Å²) in [5, 5.41) is 0. The van der Waals surface area contributed by atoms with E-state index in [4.69, 9.17) is 10.7 Å². The minimum atomic E-state index is 0.0999. The van der Waals surface area contributed by atoms with E-state index >= 15 is 0 Å². The van der Waals surface area contributed by atoms with Gasteiger partial charge in [-0.2, -0.15) is 0 Å². The molecule has 1 amide bonds. The third kappa shape index (κ3) is 4.29. The summed E-state index contributed by atoms with van der Waals surface area (Å²) in [6, 6.07) is 23.8. The molecule has 1 fully saturated rings. The highest BCUT2D eigenvalue weighted by Crippen LogP contribution is 2.32. The molecule has 0 radical (unpaired) electrons. The van der Waals surface area contributed by atoms with Gasteiger partial charge in [-0.1, -0.05) is 42.2 Å². The average Bonchev–Trinajstić information content (AvgIpc) is 3.46. The number of hydrogen-bond donors (Lipinski definition) is 1. The Balaban J connectivity index is 1.29. The summed E-state index contributed by atoms with van der Waals surface area (Å²) in [6.45, 7) is 0.810. The third-order valence-electron chi connectivity index (χ3n) is 6.13. The Morgan fingerprint density at radius 3 is 2.56 bits per heavy atom. The van der Waals surface area contributed by atoms with Gasteiger partial charge < -0.3 is 10.6 Å². The van der Waals surface area contributed by atoms with Gasteiger partial charge in [0.05, 0.1) is 18.2 Å². The van der Waals surface area contributed by atoms with E-state index in [1.165, 1.54) is 5.56 Å². The molecule has 2 heterocycles. The molecule has 0 aromatic heterocycles. The van der Waals surface area contributed by atoms with E-state index in [0.29, 0.717) is 6.42 Å². The maximum atomic E-state index is 13.0. The fourth-order valence-corrected chi connectivity index (χ4v) is 4.49. The second kappa shape index (κ2) is 8.72. The number of nitrogen functional groups attached to an aromatic ring is 1. The number of nitrogens with two attached hydrogens (primary N) is 1. The lowest BCUT2D eigenvalue weighted by atomic mass is 10.0. The quantitative estimate of drug-likeness (QED) is 0.501. The van der Waals surface area contributed by atoms with E-state index in [9.17, 15) is 4.79 Å². The first-order chi connectivity index (χ1) is 15.7. The molecule has 3 aromatic carbocycles. The first-order valence-corrected chi connectivity index (χ1v) is 11.1. The molecule has 4 nitrogen and oxygen atoms in total. The molecule has 1 atom stereocenters. The van der Waals surface area contributed by atoms with Crippen LogP contribution in [0.2, 0.25) is 0 Å². The molecule has 2 aliphatic heterocycles. The van der Waals surface area contributed by atoms with Crippen LogP contribution in [0.5, 0.6) is 0 Å². The lowest BCUT2D eigenvalue weighted by Crippen LogP contribution is -2.41. The first-order valence-electron chi connectivity index (χ1n) is 11.1. The third-order valence-corrected chi connectivity index (χ3v) is 6.13. The molecule has 0 aliphatic carbocycles. The van der Waals surface area contributed by atoms with Crippen LogP contribution in [0.25, 0.3) is 0 Å². The fraction of sp³-hybridized carbons (Fsp3) is 0.214. The van der Waals surface area contributed by atoms with Crippen molar-refractivity contribution < 1.29 is 4.79 Å². The largest absolute Gasteiger partial charge is 0.399 e. The van der Waals surface area contributed by atoms with Crippen molar-refractivity contribution in [2.24, 2.45) is 4.99 Å². The van der Waals surface area contributed by atoms with Crippen LogP contribution in [0.4, 0.5) is 11.4 Å². The number of amides is 1. The molecule has 158 valence electrons. The Labute approximate surface area is 188 Å². The van der Waals surface area contributed by atoms with Gasteiger partial charge in [-0.05, 0) is 66.4 Å². The molecule has 2 aliphatic rings. The summed E-state index contributed by atoms with van der Waals surface area (Å²) in [7, 11) is 0. The van der Waals surface area contributed by atoms with Crippen LogP contribution in [0.3, 0.4) is 0 Å². The molecular weight excluding hydrogens is 394 g/mol. The van der Waals surface area contributed by atoms with Crippen molar-refractivity contribution in [1.82, 2.24) is 4.90 Å². The first kappa shape index (κ1) is 20.1. The number of rotatable bonds is 3. The standard InChI is InChI=1S/C28H25N3O/c29-24-13-10-20(11-14-24)8-9-22-12-15-25-23(17-22)19-26(30-25)27-7-4-16-31(27)28(32)18-21-5-2-1-3-6-21/h1-3,5-6,10-15,17,27H,4,7,16,18-19,29H2/t27-/m0/s1. The molecule has 2 N–H and O–H groups in total. The molecule has 5 rings (SSSR count). The summed E-state index contributed by atoms with van der Waals surface area (Å²) in [4.78, 5) is 19.9. The number of aliphatic imine (C=N–C) groups is 1. The van der Waals surface area contributed by atoms with Gasteiger partial charge in [-0.25, -0.2) is 0 Å². The maximum Gasteiger partial charge on any atom is 0.227 e. The zero-order chi connectivity index (χ0) is 21.9. The van der Waals surface area contributed by atoms with Crippen molar-refractivity contribution in [3.63, 3.8) is 0 Å². The minimum Gasteiger partial charge on any atom is -0.399 e. The maximum absolute atomic E-state index is 13.0. The molecule has 32 heavy (non-hydrogen) atoms. The zero-order valence-electron chi connectivity index (χ0n) is 17.9. The van der Waals surface area contributed by atoms with Crippen LogP contribution >= 0.6 is 0 Å². The molecular formula is C28H25N3O. The highest BCUT2D eigenvalue weighted by atomic mass is 16.2. The SMILES string of the molecule is Nc1ccc(C#Cc2ccc3c(c2)CC([C@@H]2CCCN2C(=O)Cc2ccccc2)=N3)cc1. The van der Waals surface area contributed by atoms with Gasteiger partial charge in [0, 0.05) is 35.5 Å². The van der Waals surface area contributed by atoms with Crippen molar-refractivity contribution in [2.45, 2.75) is 31.7 Å². The molecule has 0 unspecified atom stereocenters. The van der Waals surface area contributed by atoms with E-state index in [1.807, 2.05) is 71.6 Å². The Hall–Kier alpha value is -3.84. The van der Waals surface area contributed by atoms with Crippen molar-refractivity contribution in [3.8, 4) is 11.8 Å². The van der Waals surface area contributed by atoms with Crippen LogP contribution in [-0.4, -0.2) is 29.1 Å². The van der Waals surface area contributed by atoms with E-state index in [0.717, 1.165) is 59.6 Å². The highest BCUT2D eigenvalue weighted by molar-refractivity contribution is 6.00. The minimum absolute atomic E-state index is 0.0999. The van der Waals surface area contributed by atoms with Crippen LogP contribution in [0.1, 0.15) is 35.1 Å². The summed E-state index contributed by atoms with van der Waals surface area (Å²) < 4.78 is 0. The Morgan fingerprint density at radius 1 is 1.00 bits per heavy atom. The normalized spacial score (nSPS) is 16.8. The number of fused-ring (bicyclic) bond motifs is 1. The van der Waals surface area contributed by atoms with Crippen molar-refractivity contribution in [1.29, 1.82) is 0 Å². The molecule has 3 aromatic rings. The van der Waals surface area contributed by atoms with E-state index in [-0.39, 0.29) is 11.9 Å². The van der Waals surface area contributed by atoms with Crippen LogP contribution in [0, 0.1) is 11.8 Å². The Morgan fingerprint density at radius 2 is 1.75 bits per heavy atom. The molecule has 0 bridgehead atoms. The monoisotopic (exact) mass is 419 g/mol. The van der Waals surface area contributed by atoms with Gasteiger partial charge in [0.25, 0.3) is 0 Å². The van der Waals surface area contributed by atoms with Crippen LogP contribution in [-0.2, 0) is 17.6 Å². The lowest BCUT2D eigenvalue weighted by Gasteiger charge is -2.25. The smallest absolute Gasteiger partial charge is 0.227 e. The number of hydrogen-bond acceptors (Lipinski definition) is 3. The fourth-order valence-electron chi connectivity index (χ4n) is 4.49. The topological polar surface area (TPSA) is 58.7 Å². The van der Waals surface area contributed by atoms with Crippen molar-refractivity contribution in [3.05, 3.63) is 95.1 Å². The highest BCUT2D eigenvalue weighted by Gasteiger charge is 2.34. The molecule has 4 heteroatoms. The van der Waals surface area contributed by atoms with E-state index in [1.54, 1.807) is 0 Å². The number of nitrogens with zero attached hydrogens (tertiary/aromatic N) is 2. The lowest BCUT2D eigenvalue weighted by molar-refractivity contribution is -0.130. The second-order valence-corrected chi connectivity index (χ2v) is 8.40. The molecule has 1 saturated heterocycles. The van der Waals surface area contributed by atoms with Crippen LogP contribution in [0.15, 0.2) is 77.8 Å². The van der Waals surface area contributed by atoms with Crippen LogP contribution < -0.4 is 5.73 Å². The predicted molar refractivity (Wildman–Crippen MR) is 129 cm³/mol. The molecule has 0 saturated carbocycles. The van der Waals surface area contributed by atoms with Gasteiger partial charge in [0.2, 0.25) is 5.91 Å². The number of likely N-dealkylation sites (tertiary alicyclic amines) is 1. The Bertz CT molecular complexity index is 1230. The number of carbonyl (C=O) groups excluding carboxylic acids is 1. The van der Waals surface area contributed by atoms with Crippen molar-refractivity contribution >= 4 is 23.0 Å². The summed E-state index contributed by atoms with van der Waals surface area (Å²) >= 11 is 0. The molecule has 0 spiro atoms.